The van der Waals surface area contributed by atoms with E-state index >= 15 is 0 Å². The van der Waals surface area contributed by atoms with Gasteiger partial charge in [0.15, 0.2) is 0 Å². The summed E-state index contributed by atoms with van der Waals surface area (Å²) >= 11 is 1.86. The number of para-hydroxylation sites is 2. The molecule has 0 aliphatic rings. The highest BCUT2D eigenvalue weighted by atomic mass is 32.1. The number of hydrogen-bond acceptors (Lipinski definition) is 3. The number of nitrogens with zero attached hydrogens (tertiary/aromatic N) is 2. The highest BCUT2D eigenvalue weighted by Gasteiger charge is 2.25. The van der Waals surface area contributed by atoms with Gasteiger partial charge in [0.1, 0.15) is 11.2 Å². The smallest absolute Gasteiger partial charge is 0.138 e. The van der Waals surface area contributed by atoms with Crippen molar-refractivity contribution in [2.75, 3.05) is 4.90 Å². The summed E-state index contributed by atoms with van der Waals surface area (Å²) in [6.45, 7) is 0. The quantitative estimate of drug-likeness (QED) is 0.167. The maximum Gasteiger partial charge on any atom is 0.138 e. The van der Waals surface area contributed by atoms with E-state index in [0.29, 0.717) is 0 Å². The van der Waals surface area contributed by atoms with Gasteiger partial charge in [-0.3, -0.25) is 0 Å². The normalized spacial score (nSPS) is 11.9. The lowest BCUT2D eigenvalue weighted by Crippen LogP contribution is -2.10. The summed E-state index contributed by atoms with van der Waals surface area (Å²) in [5.74, 6) is 0. The Hall–Kier alpha value is -7.92. The second kappa shape index (κ2) is 13.8. The SMILES string of the molecule is c1ccc(-c2ccc(N(c3ccc4ccccc4c3)c3ccc4c(c3)c3c(-c5ccc6c(c5)sc5ccccc56)c5c(cc3n4-c3ccccc3)oc3ccccc35)cc2)cc1. The van der Waals surface area contributed by atoms with Crippen LogP contribution >= 0.6 is 11.3 Å². The molecule has 3 heterocycles. The Morgan fingerprint density at radius 2 is 1.02 bits per heavy atom. The number of thiophene rings is 1. The van der Waals surface area contributed by atoms with Gasteiger partial charge >= 0.3 is 0 Å². The van der Waals surface area contributed by atoms with Crippen molar-refractivity contribution in [2.24, 2.45) is 0 Å². The van der Waals surface area contributed by atoms with Crippen molar-refractivity contribution in [3.8, 4) is 27.9 Å². The number of hydrogen-bond donors (Lipinski definition) is 0. The molecule has 0 saturated heterocycles. The molecule has 0 N–H and O–H groups in total. The Labute approximate surface area is 361 Å². The Bertz CT molecular complexity index is 3860. The van der Waals surface area contributed by atoms with E-state index < -0.39 is 0 Å². The summed E-state index contributed by atoms with van der Waals surface area (Å²) in [5, 5.41) is 9.62. The second-order valence-corrected chi connectivity index (χ2v) is 17.2. The van der Waals surface area contributed by atoms with Gasteiger partial charge in [-0.2, -0.15) is 0 Å². The highest BCUT2D eigenvalue weighted by molar-refractivity contribution is 7.25. The fourth-order valence-corrected chi connectivity index (χ4v) is 10.9. The van der Waals surface area contributed by atoms with E-state index in [-0.39, 0.29) is 0 Å². The Kier molecular flexibility index (Phi) is 7.78. The summed E-state index contributed by atoms with van der Waals surface area (Å²) in [6.07, 6.45) is 0. The molecule has 13 aromatic rings. The Morgan fingerprint density at radius 1 is 0.371 bits per heavy atom. The van der Waals surface area contributed by atoms with E-state index in [4.69, 9.17) is 4.42 Å². The standard InChI is InChI=1S/C58H36N2OS/c1-3-13-37(14-4-1)39-23-27-43(28-24-39)59(44-29-25-38-15-7-8-16-40(38)33-44)45-30-32-50-49(35-45)57-51(60(50)42-17-5-2-6-18-42)36-53-58(48-20-9-11-21-52(48)61-53)56(57)41-26-31-47-46-19-10-12-22-54(46)62-55(47)34-41/h1-36H. The van der Waals surface area contributed by atoms with Crippen LogP contribution in [0.3, 0.4) is 0 Å². The summed E-state index contributed by atoms with van der Waals surface area (Å²) in [5.41, 5.74) is 13.1. The van der Waals surface area contributed by atoms with Crippen molar-refractivity contribution < 1.29 is 4.42 Å². The molecule has 62 heavy (non-hydrogen) atoms. The minimum Gasteiger partial charge on any atom is -0.456 e. The molecule has 0 aliphatic heterocycles. The number of aromatic nitrogens is 1. The van der Waals surface area contributed by atoms with Gasteiger partial charge in [0.2, 0.25) is 0 Å². The molecular weight excluding hydrogens is 773 g/mol. The fourth-order valence-electron chi connectivity index (χ4n) is 9.73. The first kappa shape index (κ1) is 34.9. The van der Waals surface area contributed by atoms with Gasteiger partial charge < -0.3 is 13.9 Å². The Morgan fingerprint density at radius 3 is 1.87 bits per heavy atom. The highest BCUT2D eigenvalue weighted by Crippen LogP contribution is 2.49. The number of benzene rings is 10. The molecule has 0 saturated carbocycles. The number of rotatable bonds is 6. The molecule has 0 atom stereocenters. The molecule has 0 radical (unpaired) electrons. The third-order valence-electron chi connectivity index (χ3n) is 12.5. The molecule has 4 heteroatoms. The van der Waals surface area contributed by atoms with E-state index in [1.807, 2.05) is 11.3 Å². The molecule has 0 fully saturated rings. The third kappa shape index (κ3) is 5.44. The van der Waals surface area contributed by atoms with Gasteiger partial charge in [-0.05, 0) is 100 Å². The maximum absolute atomic E-state index is 6.78. The topological polar surface area (TPSA) is 21.3 Å². The first-order chi connectivity index (χ1) is 30.7. The predicted octanol–water partition coefficient (Wildman–Crippen LogP) is 17.0. The molecule has 0 unspecified atom stereocenters. The van der Waals surface area contributed by atoms with Crippen molar-refractivity contribution in [1.29, 1.82) is 0 Å². The lowest BCUT2D eigenvalue weighted by molar-refractivity contribution is 0.669. The summed E-state index contributed by atoms with van der Waals surface area (Å²) in [7, 11) is 0. The first-order valence-electron chi connectivity index (χ1n) is 21.1. The lowest BCUT2D eigenvalue weighted by Gasteiger charge is -2.26. The van der Waals surface area contributed by atoms with Crippen LogP contribution in [0.4, 0.5) is 17.1 Å². The minimum absolute atomic E-state index is 0.877. The number of furan rings is 1. The molecule has 3 nitrogen and oxygen atoms in total. The van der Waals surface area contributed by atoms with E-state index in [0.717, 1.165) is 55.7 Å². The zero-order chi connectivity index (χ0) is 40.7. The molecule has 290 valence electrons. The van der Waals surface area contributed by atoms with E-state index in [9.17, 15) is 0 Å². The fraction of sp³-hybridized carbons (Fsp3) is 0. The first-order valence-corrected chi connectivity index (χ1v) is 21.9. The van der Waals surface area contributed by atoms with Crippen molar-refractivity contribution >= 4 is 103 Å². The van der Waals surface area contributed by atoms with Crippen molar-refractivity contribution in [3.05, 3.63) is 218 Å². The van der Waals surface area contributed by atoms with Crippen LogP contribution in [0.25, 0.3) is 103 Å². The number of fused-ring (bicyclic) bond motifs is 10. The van der Waals surface area contributed by atoms with Crippen molar-refractivity contribution in [2.45, 2.75) is 0 Å². The monoisotopic (exact) mass is 808 g/mol. The van der Waals surface area contributed by atoms with Crippen LogP contribution < -0.4 is 4.90 Å². The van der Waals surface area contributed by atoms with Gasteiger partial charge in [0, 0.05) is 76.1 Å². The summed E-state index contributed by atoms with van der Waals surface area (Å²) in [4.78, 5) is 2.40. The van der Waals surface area contributed by atoms with E-state index in [1.165, 1.54) is 64.0 Å². The molecule has 13 rings (SSSR count). The maximum atomic E-state index is 6.78. The minimum atomic E-state index is 0.877. The van der Waals surface area contributed by atoms with Crippen LogP contribution in [0.5, 0.6) is 0 Å². The average molecular weight is 809 g/mol. The molecular formula is C58H36N2OS. The average Bonchev–Trinajstić information content (AvgIpc) is 4.00. The zero-order valence-corrected chi connectivity index (χ0v) is 34.3. The molecule has 10 aromatic carbocycles. The van der Waals surface area contributed by atoms with Crippen molar-refractivity contribution in [3.63, 3.8) is 0 Å². The summed E-state index contributed by atoms with van der Waals surface area (Å²) in [6, 6.07) is 79.2. The lowest BCUT2D eigenvalue weighted by atomic mass is 9.93. The largest absolute Gasteiger partial charge is 0.456 e. The van der Waals surface area contributed by atoms with Gasteiger partial charge in [-0.1, -0.05) is 140 Å². The van der Waals surface area contributed by atoms with Crippen LogP contribution in [-0.4, -0.2) is 4.57 Å². The predicted molar refractivity (Wildman–Crippen MR) is 264 cm³/mol. The van der Waals surface area contributed by atoms with Crippen molar-refractivity contribution in [1.82, 2.24) is 4.57 Å². The molecule has 0 amide bonds. The van der Waals surface area contributed by atoms with Crippen LogP contribution in [0.1, 0.15) is 0 Å². The van der Waals surface area contributed by atoms with Crippen LogP contribution in [0.2, 0.25) is 0 Å². The van der Waals surface area contributed by atoms with Gasteiger partial charge in [0.05, 0.1) is 11.0 Å². The third-order valence-corrected chi connectivity index (χ3v) is 13.7. The van der Waals surface area contributed by atoms with Gasteiger partial charge in [-0.15, -0.1) is 11.3 Å². The van der Waals surface area contributed by atoms with Crippen LogP contribution in [-0.2, 0) is 0 Å². The molecule has 0 aliphatic carbocycles. The number of anilines is 3. The van der Waals surface area contributed by atoms with E-state index in [1.54, 1.807) is 0 Å². The van der Waals surface area contributed by atoms with Gasteiger partial charge in [-0.25, -0.2) is 0 Å². The molecule has 0 spiro atoms. The van der Waals surface area contributed by atoms with Gasteiger partial charge in [0.25, 0.3) is 0 Å². The molecule has 3 aromatic heterocycles. The van der Waals surface area contributed by atoms with E-state index in [2.05, 4.69) is 228 Å². The second-order valence-electron chi connectivity index (χ2n) is 16.1. The molecule has 0 bridgehead atoms. The van der Waals surface area contributed by atoms with Crippen LogP contribution in [0, 0.1) is 0 Å². The van der Waals surface area contributed by atoms with Crippen LogP contribution in [0.15, 0.2) is 223 Å². The zero-order valence-electron chi connectivity index (χ0n) is 33.5. The Balaban J connectivity index is 1.13. The summed E-state index contributed by atoms with van der Waals surface area (Å²) < 4.78 is 11.8.